The Hall–Kier alpha value is -2.71. The Bertz CT molecular complexity index is 1000. The van der Waals surface area contributed by atoms with Crippen molar-refractivity contribution in [3.8, 4) is 11.1 Å². The van der Waals surface area contributed by atoms with E-state index in [1.807, 2.05) is 24.3 Å². The van der Waals surface area contributed by atoms with Crippen molar-refractivity contribution in [1.29, 1.82) is 0 Å². The lowest BCUT2D eigenvalue weighted by molar-refractivity contribution is 0.0187. The molecule has 31 heavy (non-hydrogen) atoms. The lowest BCUT2D eigenvalue weighted by atomic mass is 9.98. The van der Waals surface area contributed by atoms with Crippen molar-refractivity contribution in [2.75, 3.05) is 20.3 Å². The largest absolute Gasteiger partial charge is 0.449 e. The van der Waals surface area contributed by atoms with E-state index in [0.717, 1.165) is 27.1 Å². The van der Waals surface area contributed by atoms with Gasteiger partial charge in [-0.3, -0.25) is 0 Å². The molecule has 1 aromatic heterocycles. The number of rotatable bonds is 8. The third-order valence-corrected chi connectivity index (χ3v) is 6.39. The fourth-order valence-electron chi connectivity index (χ4n) is 3.94. The van der Waals surface area contributed by atoms with Crippen molar-refractivity contribution in [1.82, 2.24) is 5.32 Å². The van der Waals surface area contributed by atoms with Crippen LogP contribution in [0.1, 0.15) is 33.6 Å². The van der Waals surface area contributed by atoms with Crippen molar-refractivity contribution in [2.24, 2.45) is 0 Å². The third-order valence-electron chi connectivity index (χ3n) is 5.47. The van der Waals surface area contributed by atoms with Gasteiger partial charge in [0.1, 0.15) is 18.8 Å². The van der Waals surface area contributed by atoms with E-state index in [9.17, 15) is 15.0 Å². The number of fused-ring (bicyclic) bond motifs is 3. The molecule has 1 aliphatic rings. The predicted molar refractivity (Wildman–Crippen MR) is 119 cm³/mol. The Kier molecular flexibility index (Phi) is 6.67. The van der Waals surface area contributed by atoms with Gasteiger partial charge in [-0.25, -0.2) is 4.79 Å². The number of ether oxygens (including phenoxy) is 2. The van der Waals surface area contributed by atoms with Gasteiger partial charge in [0, 0.05) is 24.4 Å². The second-order valence-corrected chi connectivity index (χ2v) is 8.49. The van der Waals surface area contributed by atoms with Gasteiger partial charge in [0.05, 0.1) is 6.61 Å². The van der Waals surface area contributed by atoms with Crippen LogP contribution in [0.4, 0.5) is 4.79 Å². The van der Waals surface area contributed by atoms with Gasteiger partial charge in [-0.2, -0.15) is 0 Å². The lowest BCUT2D eigenvalue weighted by Gasteiger charge is -2.18. The number of aliphatic hydroxyl groups excluding tert-OH is 2. The number of methoxy groups -OCH3 is 1. The molecule has 2 unspecified atom stereocenters. The van der Waals surface area contributed by atoms with Crippen molar-refractivity contribution in [3.05, 3.63) is 81.5 Å². The molecular formula is C24H25NO5S. The third kappa shape index (κ3) is 4.65. The van der Waals surface area contributed by atoms with E-state index in [-0.39, 0.29) is 19.1 Å². The molecule has 162 valence electrons. The second-order valence-electron chi connectivity index (χ2n) is 7.50. The van der Waals surface area contributed by atoms with Crippen LogP contribution < -0.4 is 5.32 Å². The van der Waals surface area contributed by atoms with E-state index in [1.165, 1.54) is 11.3 Å². The fourth-order valence-corrected chi connectivity index (χ4v) is 4.83. The molecule has 3 aromatic rings. The van der Waals surface area contributed by atoms with E-state index in [0.29, 0.717) is 12.2 Å². The van der Waals surface area contributed by atoms with Gasteiger partial charge in [0.2, 0.25) is 0 Å². The van der Waals surface area contributed by atoms with Gasteiger partial charge >= 0.3 is 6.09 Å². The Morgan fingerprint density at radius 3 is 2.39 bits per heavy atom. The quantitative estimate of drug-likeness (QED) is 0.497. The van der Waals surface area contributed by atoms with E-state index < -0.39 is 18.3 Å². The van der Waals surface area contributed by atoms with E-state index in [1.54, 1.807) is 18.6 Å². The number of amides is 1. The summed E-state index contributed by atoms with van der Waals surface area (Å²) in [7, 11) is 1.60. The zero-order chi connectivity index (χ0) is 21.8. The highest BCUT2D eigenvalue weighted by Crippen LogP contribution is 2.44. The molecule has 3 N–H and O–H groups in total. The van der Waals surface area contributed by atoms with E-state index in [2.05, 4.69) is 29.6 Å². The van der Waals surface area contributed by atoms with Crippen LogP contribution in [0, 0.1) is 0 Å². The number of thiophene rings is 1. The Balaban J connectivity index is 1.31. The minimum absolute atomic E-state index is 0.0290. The molecule has 7 heteroatoms. The molecule has 0 bridgehead atoms. The summed E-state index contributed by atoms with van der Waals surface area (Å²) in [6, 6.07) is 18.0. The molecule has 1 heterocycles. The molecule has 2 atom stereocenters. The summed E-state index contributed by atoms with van der Waals surface area (Å²) < 4.78 is 10.5. The fraction of sp³-hybridized carbons (Fsp3) is 0.292. The summed E-state index contributed by atoms with van der Waals surface area (Å²) in [4.78, 5) is 13.2. The van der Waals surface area contributed by atoms with Crippen LogP contribution in [0.3, 0.4) is 0 Å². The lowest BCUT2D eigenvalue weighted by Crippen LogP contribution is -2.36. The van der Waals surface area contributed by atoms with Gasteiger partial charge in [-0.05, 0) is 39.3 Å². The number of carbonyl (C=O) groups excluding carboxylic acids is 1. The van der Waals surface area contributed by atoms with Crippen molar-refractivity contribution in [2.45, 2.75) is 24.7 Å². The number of carbonyl (C=O) groups is 1. The van der Waals surface area contributed by atoms with Crippen LogP contribution in [-0.4, -0.2) is 42.7 Å². The molecule has 0 aliphatic heterocycles. The van der Waals surface area contributed by atoms with E-state index in [4.69, 9.17) is 9.47 Å². The normalized spacial score (nSPS) is 14.5. The summed E-state index contributed by atoms with van der Waals surface area (Å²) in [5.74, 6) is -0.0290. The van der Waals surface area contributed by atoms with Crippen LogP contribution in [-0.2, 0) is 16.1 Å². The summed E-state index contributed by atoms with van der Waals surface area (Å²) in [6.45, 7) is 0.530. The van der Waals surface area contributed by atoms with Gasteiger partial charge in [0.15, 0.2) is 0 Å². The average molecular weight is 440 g/mol. The molecule has 6 nitrogen and oxygen atoms in total. The topological polar surface area (TPSA) is 88.0 Å². The van der Waals surface area contributed by atoms with Gasteiger partial charge in [-0.1, -0.05) is 48.5 Å². The molecule has 1 aliphatic carbocycles. The number of hydrogen-bond donors (Lipinski definition) is 3. The highest BCUT2D eigenvalue weighted by atomic mass is 32.1. The Labute approximate surface area is 185 Å². The van der Waals surface area contributed by atoms with Crippen LogP contribution in [0.5, 0.6) is 0 Å². The van der Waals surface area contributed by atoms with Gasteiger partial charge < -0.3 is 25.0 Å². The van der Waals surface area contributed by atoms with E-state index >= 15 is 0 Å². The number of aliphatic hydroxyl groups is 2. The van der Waals surface area contributed by atoms with Crippen LogP contribution in [0.25, 0.3) is 11.1 Å². The molecule has 2 aromatic carbocycles. The number of alkyl carbamates (subject to hydrolysis) is 1. The Morgan fingerprint density at radius 2 is 1.74 bits per heavy atom. The molecule has 0 radical (unpaired) electrons. The highest BCUT2D eigenvalue weighted by molar-refractivity contribution is 7.10. The Morgan fingerprint density at radius 1 is 1.10 bits per heavy atom. The first-order chi connectivity index (χ1) is 15.1. The standard InChI is InChI=1S/C24H25NO5S/c1-29-12-16-10-15(14-31-16)23(27)22(26)11-25-24(28)30-13-21-19-8-4-2-6-17(19)18-7-3-5-9-20(18)21/h2-10,14,21-23,26-27H,11-13H2,1H3,(H,25,28). The first-order valence-electron chi connectivity index (χ1n) is 10.1. The monoisotopic (exact) mass is 439 g/mol. The molecule has 4 rings (SSSR count). The summed E-state index contributed by atoms with van der Waals surface area (Å²) in [6.07, 6.45) is -2.88. The smallest absolute Gasteiger partial charge is 0.407 e. The first-order valence-corrected chi connectivity index (χ1v) is 11.0. The highest BCUT2D eigenvalue weighted by Gasteiger charge is 2.29. The molecule has 0 saturated carbocycles. The first kappa shape index (κ1) is 21.5. The predicted octanol–water partition coefficient (Wildman–Crippen LogP) is 3.83. The average Bonchev–Trinajstić information content (AvgIpc) is 3.38. The SMILES string of the molecule is COCc1cc(C(O)C(O)CNC(=O)OCC2c3ccccc3-c3ccccc32)cs1. The maximum absolute atomic E-state index is 12.2. The van der Waals surface area contributed by atoms with Crippen LogP contribution in [0.2, 0.25) is 0 Å². The number of nitrogens with one attached hydrogen (secondary N) is 1. The molecule has 0 spiro atoms. The number of benzene rings is 2. The summed E-state index contributed by atoms with van der Waals surface area (Å²) >= 11 is 1.45. The van der Waals surface area contributed by atoms with Crippen molar-refractivity contribution >= 4 is 17.4 Å². The summed E-state index contributed by atoms with van der Waals surface area (Å²) in [5.41, 5.74) is 5.19. The second kappa shape index (κ2) is 9.62. The molecule has 1 amide bonds. The van der Waals surface area contributed by atoms with Gasteiger partial charge in [0.25, 0.3) is 0 Å². The molecular weight excluding hydrogens is 414 g/mol. The minimum atomic E-state index is -1.15. The van der Waals surface area contributed by atoms with Gasteiger partial charge in [-0.15, -0.1) is 11.3 Å². The maximum atomic E-state index is 12.2. The summed E-state index contributed by atoms with van der Waals surface area (Å²) in [5, 5.41) is 24.9. The number of hydrogen-bond acceptors (Lipinski definition) is 6. The van der Waals surface area contributed by atoms with Crippen LogP contribution >= 0.6 is 11.3 Å². The molecule has 0 saturated heterocycles. The van der Waals surface area contributed by atoms with Crippen molar-refractivity contribution in [3.63, 3.8) is 0 Å². The zero-order valence-electron chi connectivity index (χ0n) is 17.2. The minimum Gasteiger partial charge on any atom is -0.449 e. The zero-order valence-corrected chi connectivity index (χ0v) is 18.0. The molecule has 0 fully saturated rings. The van der Waals surface area contributed by atoms with Crippen LogP contribution in [0.15, 0.2) is 60.0 Å². The van der Waals surface area contributed by atoms with Crippen molar-refractivity contribution < 1.29 is 24.5 Å². The maximum Gasteiger partial charge on any atom is 0.407 e.